The highest BCUT2D eigenvalue weighted by molar-refractivity contribution is 7.21. The van der Waals surface area contributed by atoms with E-state index in [4.69, 9.17) is 26.1 Å². The van der Waals surface area contributed by atoms with Gasteiger partial charge in [0.25, 0.3) is 5.91 Å². The number of aromatic nitrogens is 3. The molecule has 1 N–H and O–H groups in total. The van der Waals surface area contributed by atoms with Gasteiger partial charge in [0.2, 0.25) is 17.0 Å². The van der Waals surface area contributed by atoms with Crippen molar-refractivity contribution in [3.05, 3.63) is 46.2 Å². The fourth-order valence-corrected chi connectivity index (χ4v) is 5.75. The largest absolute Gasteiger partial charge is 0.420 e. The SMILES string of the molecule is CCOCc1cnc(Cl)nc1Oc1ccc2c(ccc3sc4c(c32)N2CCC(C2)NC4=O)n1. The molecule has 0 spiro atoms. The maximum Gasteiger partial charge on any atom is 0.263 e. The first kappa shape index (κ1) is 20.6. The van der Waals surface area contributed by atoms with E-state index in [1.165, 1.54) is 11.3 Å². The zero-order valence-electron chi connectivity index (χ0n) is 17.8. The van der Waals surface area contributed by atoms with Crippen molar-refractivity contribution in [2.75, 3.05) is 24.6 Å². The molecule has 6 rings (SSSR count). The summed E-state index contributed by atoms with van der Waals surface area (Å²) in [6.07, 6.45) is 2.56. The standard InChI is InChI=1S/C23H20ClN5O3S/c1-2-31-11-12-9-25-23(24)28-22(12)32-17-6-3-14-15(27-17)4-5-16-18(14)19-20(33-16)21(30)26-13-7-8-29(19)10-13/h3-6,9,13H,2,7-8,10-11H2,1H3,(H,26,30). The smallest absolute Gasteiger partial charge is 0.263 e. The zero-order valence-corrected chi connectivity index (χ0v) is 19.4. The molecular weight excluding hydrogens is 462 g/mol. The van der Waals surface area contributed by atoms with E-state index in [1.54, 1.807) is 6.20 Å². The van der Waals surface area contributed by atoms with Crippen LogP contribution in [0.5, 0.6) is 11.8 Å². The molecule has 0 saturated carbocycles. The third kappa shape index (κ3) is 3.56. The molecule has 33 heavy (non-hydrogen) atoms. The number of benzene rings is 1. The summed E-state index contributed by atoms with van der Waals surface area (Å²) >= 11 is 7.52. The highest BCUT2D eigenvalue weighted by Gasteiger charge is 2.34. The van der Waals surface area contributed by atoms with E-state index in [2.05, 4.69) is 20.2 Å². The molecule has 1 atom stereocenters. The van der Waals surface area contributed by atoms with E-state index < -0.39 is 0 Å². The average Bonchev–Trinajstić information content (AvgIpc) is 3.39. The van der Waals surface area contributed by atoms with E-state index in [-0.39, 0.29) is 17.2 Å². The Morgan fingerprint density at radius 3 is 3.06 bits per heavy atom. The number of carbonyl (C=O) groups excluding carboxylic acids is 1. The van der Waals surface area contributed by atoms with Gasteiger partial charge in [-0.15, -0.1) is 11.3 Å². The van der Waals surface area contributed by atoms with Crippen molar-refractivity contribution >= 4 is 55.5 Å². The molecule has 0 aliphatic carbocycles. The Hall–Kier alpha value is -3.01. The number of carbonyl (C=O) groups is 1. The van der Waals surface area contributed by atoms with Gasteiger partial charge in [0.15, 0.2) is 0 Å². The van der Waals surface area contributed by atoms with Crippen molar-refractivity contribution < 1.29 is 14.3 Å². The minimum atomic E-state index is 0.0157. The highest BCUT2D eigenvalue weighted by atomic mass is 35.5. The molecule has 3 aromatic heterocycles. The second-order valence-electron chi connectivity index (χ2n) is 8.05. The van der Waals surface area contributed by atoms with Gasteiger partial charge in [0.1, 0.15) is 4.88 Å². The molecule has 2 bridgehead atoms. The molecule has 1 saturated heterocycles. The monoisotopic (exact) mass is 481 g/mol. The van der Waals surface area contributed by atoms with E-state index in [1.807, 2.05) is 31.2 Å². The van der Waals surface area contributed by atoms with Crippen molar-refractivity contribution in [1.82, 2.24) is 20.3 Å². The summed E-state index contributed by atoms with van der Waals surface area (Å²) in [6, 6.07) is 8.01. The number of nitrogens with one attached hydrogen (secondary N) is 1. The summed E-state index contributed by atoms with van der Waals surface area (Å²) in [6.45, 7) is 4.57. The molecule has 0 radical (unpaired) electrons. The normalized spacial score (nSPS) is 17.3. The first-order valence-corrected chi connectivity index (χ1v) is 12.0. The molecule has 5 heterocycles. The number of fused-ring (bicyclic) bond motifs is 8. The van der Waals surface area contributed by atoms with Crippen LogP contribution in [0.3, 0.4) is 0 Å². The Kier molecular flexibility index (Phi) is 5.05. The molecule has 8 nitrogen and oxygen atoms in total. The zero-order chi connectivity index (χ0) is 22.5. The Bertz CT molecular complexity index is 1410. The van der Waals surface area contributed by atoms with Gasteiger partial charge in [-0.2, -0.15) is 4.98 Å². The van der Waals surface area contributed by atoms with E-state index >= 15 is 0 Å². The molecule has 1 amide bonds. The maximum atomic E-state index is 12.8. The van der Waals surface area contributed by atoms with Crippen LogP contribution in [0.2, 0.25) is 5.28 Å². The quantitative estimate of drug-likeness (QED) is 0.418. The molecular formula is C23H20ClN5O3S. The molecule has 168 valence electrons. The lowest BCUT2D eigenvalue weighted by molar-refractivity contribution is 0.0947. The van der Waals surface area contributed by atoms with Crippen LogP contribution < -0.4 is 15.0 Å². The third-order valence-corrected chi connectivity index (χ3v) is 7.30. The van der Waals surface area contributed by atoms with Gasteiger partial charge in [0, 0.05) is 53.5 Å². The van der Waals surface area contributed by atoms with Gasteiger partial charge in [-0.3, -0.25) is 4.79 Å². The number of thiophene rings is 1. The van der Waals surface area contributed by atoms with Gasteiger partial charge in [0.05, 0.1) is 23.4 Å². The fourth-order valence-electron chi connectivity index (χ4n) is 4.48. The van der Waals surface area contributed by atoms with Gasteiger partial charge >= 0.3 is 0 Å². The van der Waals surface area contributed by atoms with Crippen LogP contribution >= 0.6 is 22.9 Å². The van der Waals surface area contributed by atoms with Crippen LogP contribution in [0.25, 0.3) is 21.0 Å². The number of hydrogen-bond acceptors (Lipinski definition) is 8. The fraction of sp³-hybridized carbons (Fsp3) is 0.304. The van der Waals surface area contributed by atoms with Gasteiger partial charge in [-0.25, -0.2) is 9.97 Å². The second kappa shape index (κ2) is 8.09. The Morgan fingerprint density at radius 1 is 1.27 bits per heavy atom. The van der Waals surface area contributed by atoms with Gasteiger partial charge < -0.3 is 19.7 Å². The number of hydrogen-bond donors (Lipinski definition) is 1. The van der Waals surface area contributed by atoms with Crippen LogP contribution in [-0.2, 0) is 11.3 Å². The van der Waals surface area contributed by atoms with Crippen molar-refractivity contribution in [2.24, 2.45) is 0 Å². The summed E-state index contributed by atoms with van der Waals surface area (Å²) in [7, 11) is 0. The summed E-state index contributed by atoms with van der Waals surface area (Å²) in [5.41, 5.74) is 2.50. The minimum absolute atomic E-state index is 0.0157. The number of rotatable bonds is 5. The Balaban J connectivity index is 1.43. The molecule has 10 heteroatoms. The van der Waals surface area contributed by atoms with E-state index in [0.717, 1.165) is 51.1 Å². The summed E-state index contributed by atoms with van der Waals surface area (Å²) < 4.78 is 12.5. The maximum absolute atomic E-state index is 12.8. The number of amides is 1. The minimum Gasteiger partial charge on any atom is -0.420 e. The average molecular weight is 482 g/mol. The third-order valence-electron chi connectivity index (χ3n) is 5.98. The first-order valence-electron chi connectivity index (χ1n) is 10.8. The topological polar surface area (TPSA) is 89.5 Å². The molecule has 1 unspecified atom stereocenters. The Morgan fingerprint density at radius 2 is 2.18 bits per heavy atom. The summed E-state index contributed by atoms with van der Waals surface area (Å²) in [4.78, 5) is 28.8. The number of halogens is 1. The number of nitrogens with zero attached hydrogens (tertiary/aromatic N) is 4. The van der Waals surface area contributed by atoms with Crippen LogP contribution in [0.15, 0.2) is 30.5 Å². The van der Waals surface area contributed by atoms with Crippen LogP contribution in [-0.4, -0.2) is 46.6 Å². The van der Waals surface area contributed by atoms with Crippen molar-refractivity contribution in [2.45, 2.75) is 26.0 Å². The van der Waals surface area contributed by atoms with E-state index in [0.29, 0.717) is 30.5 Å². The lowest BCUT2D eigenvalue weighted by Gasteiger charge is -2.17. The number of anilines is 1. The first-order chi connectivity index (χ1) is 16.1. The molecule has 4 aromatic rings. The van der Waals surface area contributed by atoms with Crippen molar-refractivity contribution in [1.29, 1.82) is 0 Å². The number of ether oxygens (including phenoxy) is 2. The predicted molar refractivity (Wildman–Crippen MR) is 128 cm³/mol. The molecule has 2 aliphatic heterocycles. The van der Waals surface area contributed by atoms with E-state index in [9.17, 15) is 4.79 Å². The van der Waals surface area contributed by atoms with Crippen molar-refractivity contribution in [3.8, 4) is 11.8 Å². The highest BCUT2D eigenvalue weighted by Crippen LogP contribution is 2.44. The molecule has 1 fully saturated rings. The molecule has 2 aliphatic rings. The van der Waals surface area contributed by atoms with Crippen molar-refractivity contribution in [3.63, 3.8) is 0 Å². The lowest BCUT2D eigenvalue weighted by atomic mass is 10.1. The molecule has 1 aromatic carbocycles. The summed E-state index contributed by atoms with van der Waals surface area (Å²) in [5.74, 6) is 0.733. The van der Waals surface area contributed by atoms with Crippen LogP contribution in [0, 0.1) is 0 Å². The number of pyridine rings is 1. The van der Waals surface area contributed by atoms with Crippen LogP contribution in [0.1, 0.15) is 28.6 Å². The second-order valence-corrected chi connectivity index (χ2v) is 9.44. The Labute approximate surface area is 198 Å². The summed E-state index contributed by atoms with van der Waals surface area (Å²) in [5, 5.41) is 5.32. The lowest BCUT2D eigenvalue weighted by Crippen LogP contribution is -2.33. The predicted octanol–water partition coefficient (Wildman–Crippen LogP) is 4.54. The van der Waals surface area contributed by atoms with Crippen LogP contribution in [0.4, 0.5) is 5.69 Å². The van der Waals surface area contributed by atoms with Gasteiger partial charge in [-0.1, -0.05) is 0 Å². The van der Waals surface area contributed by atoms with Gasteiger partial charge in [-0.05, 0) is 43.1 Å².